The molecule has 1 aromatic carbocycles. The molecule has 1 aliphatic heterocycles. The summed E-state index contributed by atoms with van der Waals surface area (Å²) in [5.41, 5.74) is 3.81. The molecule has 0 bridgehead atoms. The van der Waals surface area contributed by atoms with Gasteiger partial charge < -0.3 is 14.4 Å². The van der Waals surface area contributed by atoms with E-state index in [-0.39, 0.29) is 5.92 Å². The number of ether oxygens (including phenoxy) is 1. The first-order valence-corrected chi connectivity index (χ1v) is 6.59. The predicted molar refractivity (Wildman–Crippen MR) is 73.3 cm³/mol. The van der Waals surface area contributed by atoms with E-state index < -0.39 is 0 Å². The van der Waals surface area contributed by atoms with Crippen LogP contribution in [0.5, 0.6) is 0 Å². The molecule has 1 heterocycles. The fourth-order valence-corrected chi connectivity index (χ4v) is 2.42. The van der Waals surface area contributed by atoms with Crippen LogP contribution in [0.3, 0.4) is 0 Å². The second-order valence-electron chi connectivity index (χ2n) is 4.97. The molecule has 1 atom stereocenters. The Labute approximate surface area is 109 Å². The van der Waals surface area contributed by atoms with Crippen molar-refractivity contribution in [1.29, 1.82) is 0 Å². The number of hydrogen-bond acceptors (Lipinski definition) is 3. The number of carbonyl (C=O) groups excluding carboxylic acids is 1. The molecule has 0 radical (unpaired) electrons. The molecule has 0 amide bonds. The number of benzene rings is 1. The van der Waals surface area contributed by atoms with E-state index in [1.807, 2.05) is 0 Å². The van der Waals surface area contributed by atoms with Crippen molar-refractivity contribution in [2.24, 2.45) is 0 Å². The van der Waals surface area contributed by atoms with Crippen molar-refractivity contribution in [2.45, 2.75) is 26.2 Å². The summed E-state index contributed by atoms with van der Waals surface area (Å²) in [5, 5.41) is 0. The Kier molecular flexibility index (Phi) is 4.37. The number of nitrogens with zero attached hydrogens (tertiary/aromatic N) is 1. The van der Waals surface area contributed by atoms with Crippen LogP contribution >= 0.6 is 0 Å². The first-order chi connectivity index (χ1) is 8.72. The van der Waals surface area contributed by atoms with Gasteiger partial charge in [-0.05, 0) is 30.0 Å². The van der Waals surface area contributed by atoms with Crippen LogP contribution < -0.4 is 4.90 Å². The van der Waals surface area contributed by atoms with E-state index >= 15 is 0 Å². The summed E-state index contributed by atoms with van der Waals surface area (Å²) in [7, 11) is 0. The molecular weight excluding hydrogens is 226 g/mol. The summed E-state index contributed by atoms with van der Waals surface area (Å²) < 4.78 is 5.40. The van der Waals surface area contributed by atoms with E-state index in [1.54, 1.807) is 0 Å². The zero-order valence-corrected chi connectivity index (χ0v) is 11.2. The summed E-state index contributed by atoms with van der Waals surface area (Å²) in [6, 6.07) is 6.51. The van der Waals surface area contributed by atoms with Gasteiger partial charge in [-0.1, -0.05) is 19.1 Å². The monoisotopic (exact) mass is 247 g/mol. The number of anilines is 1. The molecule has 18 heavy (non-hydrogen) atoms. The SMILES string of the molecule is Cc1ccc(C(C)CC=O)c(N2CCOCC2)c1. The predicted octanol–water partition coefficient (Wildman–Crippen LogP) is 2.52. The third kappa shape index (κ3) is 2.91. The highest BCUT2D eigenvalue weighted by Crippen LogP contribution is 2.30. The summed E-state index contributed by atoms with van der Waals surface area (Å²) >= 11 is 0. The van der Waals surface area contributed by atoms with Crippen LogP contribution in [0.25, 0.3) is 0 Å². The molecule has 98 valence electrons. The number of carbonyl (C=O) groups is 1. The lowest BCUT2D eigenvalue weighted by Crippen LogP contribution is -2.37. The minimum absolute atomic E-state index is 0.279. The molecule has 3 heteroatoms. The minimum atomic E-state index is 0.279. The van der Waals surface area contributed by atoms with E-state index in [0.717, 1.165) is 32.6 Å². The van der Waals surface area contributed by atoms with Gasteiger partial charge in [0.25, 0.3) is 0 Å². The van der Waals surface area contributed by atoms with Crippen molar-refractivity contribution >= 4 is 12.0 Å². The Balaban J connectivity index is 2.30. The molecule has 1 saturated heterocycles. The summed E-state index contributed by atoms with van der Waals surface area (Å²) in [4.78, 5) is 13.1. The van der Waals surface area contributed by atoms with E-state index in [0.29, 0.717) is 6.42 Å². The maximum absolute atomic E-state index is 10.7. The zero-order chi connectivity index (χ0) is 13.0. The van der Waals surface area contributed by atoms with Crippen LogP contribution in [0.15, 0.2) is 18.2 Å². The van der Waals surface area contributed by atoms with E-state index in [1.165, 1.54) is 16.8 Å². The molecule has 0 N–H and O–H groups in total. The largest absolute Gasteiger partial charge is 0.378 e. The van der Waals surface area contributed by atoms with Gasteiger partial charge in [0.2, 0.25) is 0 Å². The molecule has 0 saturated carbocycles. The van der Waals surface area contributed by atoms with Crippen molar-refractivity contribution in [3.05, 3.63) is 29.3 Å². The van der Waals surface area contributed by atoms with Crippen molar-refractivity contribution in [1.82, 2.24) is 0 Å². The quantitative estimate of drug-likeness (QED) is 0.766. The molecule has 0 aromatic heterocycles. The van der Waals surface area contributed by atoms with Gasteiger partial charge in [0, 0.05) is 25.2 Å². The fraction of sp³-hybridized carbons (Fsp3) is 0.533. The van der Waals surface area contributed by atoms with Gasteiger partial charge in [0.15, 0.2) is 0 Å². The van der Waals surface area contributed by atoms with Gasteiger partial charge >= 0.3 is 0 Å². The Morgan fingerprint density at radius 1 is 1.39 bits per heavy atom. The Hall–Kier alpha value is -1.35. The fourth-order valence-electron chi connectivity index (χ4n) is 2.42. The highest BCUT2D eigenvalue weighted by atomic mass is 16.5. The van der Waals surface area contributed by atoms with Gasteiger partial charge in [-0.25, -0.2) is 0 Å². The lowest BCUT2D eigenvalue weighted by atomic mass is 9.94. The maximum Gasteiger partial charge on any atom is 0.120 e. The van der Waals surface area contributed by atoms with Crippen LogP contribution in [0.1, 0.15) is 30.4 Å². The lowest BCUT2D eigenvalue weighted by Gasteiger charge is -2.32. The van der Waals surface area contributed by atoms with Crippen molar-refractivity contribution < 1.29 is 9.53 Å². The van der Waals surface area contributed by atoms with Crippen LogP contribution in [0.4, 0.5) is 5.69 Å². The molecule has 1 unspecified atom stereocenters. The van der Waals surface area contributed by atoms with Crippen molar-refractivity contribution in [2.75, 3.05) is 31.2 Å². The topological polar surface area (TPSA) is 29.5 Å². The normalized spacial score (nSPS) is 17.6. The molecule has 1 fully saturated rings. The summed E-state index contributed by atoms with van der Waals surface area (Å²) in [6.07, 6.45) is 1.59. The first-order valence-electron chi connectivity index (χ1n) is 6.59. The van der Waals surface area contributed by atoms with Gasteiger partial charge in [-0.2, -0.15) is 0 Å². The third-order valence-corrected chi connectivity index (χ3v) is 3.52. The van der Waals surface area contributed by atoms with E-state index in [2.05, 4.69) is 36.9 Å². The Morgan fingerprint density at radius 2 is 2.11 bits per heavy atom. The highest BCUT2D eigenvalue weighted by molar-refractivity contribution is 5.60. The summed E-state index contributed by atoms with van der Waals surface area (Å²) in [6.45, 7) is 7.67. The molecule has 0 spiro atoms. The molecule has 1 aliphatic rings. The Morgan fingerprint density at radius 3 is 2.78 bits per heavy atom. The molecule has 0 aliphatic carbocycles. The van der Waals surface area contributed by atoms with Crippen LogP contribution in [-0.4, -0.2) is 32.6 Å². The van der Waals surface area contributed by atoms with Crippen LogP contribution in [-0.2, 0) is 9.53 Å². The van der Waals surface area contributed by atoms with E-state index in [9.17, 15) is 4.79 Å². The molecule has 2 rings (SSSR count). The van der Waals surface area contributed by atoms with Crippen molar-refractivity contribution in [3.63, 3.8) is 0 Å². The van der Waals surface area contributed by atoms with E-state index in [4.69, 9.17) is 4.74 Å². The second kappa shape index (κ2) is 6.01. The van der Waals surface area contributed by atoms with Gasteiger partial charge in [-0.15, -0.1) is 0 Å². The lowest BCUT2D eigenvalue weighted by molar-refractivity contribution is -0.108. The van der Waals surface area contributed by atoms with Gasteiger partial charge in [0.05, 0.1) is 13.2 Å². The summed E-state index contributed by atoms with van der Waals surface area (Å²) in [5.74, 6) is 0.279. The average Bonchev–Trinajstić information content (AvgIpc) is 2.40. The molecule has 3 nitrogen and oxygen atoms in total. The molecular formula is C15H21NO2. The number of morpholine rings is 1. The highest BCUT2D eigenvalue weighted by Gasteiger charge is 2.17. The Bertz CT molecular complexity index is 411. The van der Waals surface area contributed by atoms with Gasteiger partial charge in [-0.3, -0.25) is 0 Å². The van der Waals surface area contributed by atoms with Gasteiger partial charge in [0.1, 0.15) is 6.29 Å². The average molecular weight is 247 g/mol. The molecule has 1 aromatic rings. The number of aldehydes is 1. The first kappa shape index (κ1) is 13.1. The smallest absolute Gasteiger partial charge is 0.120 e. The maximum atomic E-state index is 10.7. The number of hydrogen-bond donors (Lipinski definition) is 0. The third-order valence-electron chi connectivity index (χ3n) is 3.52. The second-order valence-corrected chi connectivity index (χ2v) is 4.97. The van der Waals surface area contributed by atoms with Crippen LogP contribution in [0.2, 0.25) is 0 Å². The number of aryl methyl sites for hydroxylation is 1. The standard InChI is InChI=1S/C15H21NO2/c1-12-3-4-14(13(2)5-8-17)15(11-12)16-6-9-18-10-7-16/h3-4,8,11,13H,5-7,9-10H2,1-2H3. The minimum Gasteiger partial charge on any atom is -0.378 e. The van der Waals surface area contributed by atoms with Crippen LogP contribution in [0, 0.1) is 6.92 Å². The zero-order valence-electron chi connectivity index (χ0n) is 11.2. The number of rotatable bonds is 4. The van der Waals surface area contributed by atoms with Crippen molar-refractivity contribution in [3.8, 4) is 0 Å².